The number of hydrogen-bond acceptors (Lipinski definition) is 3. The summed E-state index contributed by atoms with van der Waals surface area (Å²) in [4.78, 5) is 24.4. The molecule has 0 aliphatic heterocycles. The molecule has 25 heavy (non-hydrogen) atoms. The first-order valence-corrected chi connectivity index (χ1v) is 7.88. The van der Waals surface area contributed by atoms with Crippen molar-refractivity contribution < 1.29 is 4.79 Å². The van der Waals surface area contributed by atoms with Crippen LogP contribution in [0.15, 0.2) is 70.6 Å². The number of aryl methyl sites for hydroxylation is 1. The smallest absolute Gasteiger partial charge is 0.280 e. The third kappa shape index (κ3) is 3.92. The normalized spacial score (nSPS) is 10.9. The number of carbonyl (C=O) groups excluding carboxylic acids is 1. The van der Waals surface area contributed by atoms with Crippen LogP contribution in [0.3, 0.4) is 0 Å². The molecule has 2 N–H and O–H groups in total. The Kier molecular flexibility index (Phi) is 4.89. The van der Waals surface area contributed by atoms with Gasteiger partial charge in [0, 0.05) is 5.69 Å². The Bertz CT molecular complexity index is 941. The zero-order valence-corrected chi connectivity index (χ0v) is 13.8. The summed E-state index contributed by atoms with van der Waals surface area (Å²) in [7, 11) is 0. The number of amides is 1. The number of carbonyl (C=O) groups is 1. The Hall–Kier alpha value is -3.41. The predicted octanol–water partition coefficient (Wildman–Crippen LogP) is 2.17. The van der Waals surface area contributed by atoms with Crippen molar-refractivity contribution >= 4 is 12.1 Å². The Morgan fingerprint density at radius 3 is 2.44 bits per heavy atom. The lowest BCUT2D eigenvalue weighted by atomic mass is 10.1. The summed E-state index contributed by atoms with van der Waals surface area (Å²) < 4.78 is 1.45. The minimum Gasteiger partial charge on any atom is -0.295 e. The maximum absolute atomic E-state index is 12.5. The van der Waals surface area contributed by atoms with Crippen LogP contribution in [-0.2, 0) is 11.2 Å². The molecule has 0 atom stereocenters. The summed E-state index contributed by atoms with van der Waals surface area (Å²) >= 11 is 0. The maximum atomic E-state index is 12.5. The summed E-state index contributed by atoms with van der Waals surface area (Å²) in [5.74, 6) is -0.237. The SMILES string of the molecule is Cc1[nH]n(-c2ccccc2)c(=O)c1/C=N\NC(=O)Cc1ccccc1. The molecule has 0 aliphatic rings. The van der Waals surface area contributed by atoms with Crippen LogP contribution in [0, 0.1) is 6.92 Å². The van der Waals surface area contributed by atoms with Crippen LogP contribution in [0.5, 0.6) is 0 Å². The molecule has 3 rings (SSSR count). The number of aromatic amines is 1. The van der Waals surface area contributed by atoms with E-state index in [0.717, 1.165) is 11.3 Å². The maximum Gasteiger partial charge on any atom is 0.280 e. The van der Waals surface area contributed by atoms with Gasteiger partial charge in [-0.05, 0) is 24.6 Å². The third-order valence-corrected chi connectivity index (χ3v) is 3.72. The zero-order valence-electron chi connectivity index (χ0n) is 13.8. The van der Waals surface area contributed by atoms with Gasteiger partial charge in [0.2, 0.25) is 5.91 Å². The van der Waals surface area contributed by atoms with Gasteiger partial charge < -0.3 is 0 Å². The molecular weight excluding hydrogens is 316 g/mol. The summed E-state index contributed by atoms with van der Waals surface area (Å²) in [5.41, 5.74) is 4.96. The quantitative estimate of drug-likeness (QED) is 0.554. The van der Waals surface area contributed by atoms with Gasteiger partial charge in [-0.15, -0.1) is 0 Å². The molecule has 1 aromatic heterocycles. The van der Waals surface area contributed by atoms with Gasteiger partial charge in [-0.25, -0.2) is 10.1 Å². The molecule has 0 bridgehead atoms. The number of hydrazone groups is 1. The Morgan fingerprint density at radius 2 is 1.76 bits per heavy atom. The molecule has 3 aromatic rings. The fourth-order valence-electron chi connectivity index (χ4n) is 2.46. The highest BCUT2D eigenvalue weighted by atomic mass is 16.2. The highest BCUT2D eigenvalue weighted by molar-refractivity contribution is 5.83. The summed E-state index contributed by atoms with van der Waals surface area (Å²) in [6.07, 6.45) is 1.61. The van der Waals surface area contributed by atoms with E-state index in [-0.39, 0.29) is 17.9 Å². The molecule has 0 saturated heterocycles. The van der Waals surface area contributed by atoms with E-state index in [2.05, 4.69) is 15.6 Å². The number of hydrogen-bond donors (Lipinski definition) is 2. The van der Waals surface area contributed by atoms with E-state index in [9.17, 15) is 9.59 Å². The van der Waals surface area contributed by atoms with Crippen LogP contribution >= 0.6 is 0 Å². The van der Waals surface area contributed by atoms with Gasteiger partial charge in [0.15, 0.2) is 0 Å². The molecule has 6 nitrogen and oxygen atoms in total. The minimum atomic E-state index is -0.237. The highest BCUT2D eigenvalue weighted by Gasteiger charge is 2.10. The number of nitrogens with zero attached hydrogens (tertiary/aromatic N) is 2. The van der Waals surface area contributed by atoms with Crippen LogP contribution in [0.25, 0.3) is 5.69 Å². The fourth-order valence-corrected chi connectivity index (χ4v) is 2.46. The molecule has 0 fully saturated rings. The number of H-pyrrole nitrogens is 1. The second kappa shape index (κ2) is 7.44. The van der Waals surface area contributed by atoms with Crippen molar-refractivity contribution in [1.82, 2.24) is 15.2 Å². The molecule has 0 spiro atoms. The van der Waals surface area contributed by atoms with E-state index in [1.54, 1.807) is 6.92 Å². The predicted molar refractivity (Wildman–Crippen MR) is 97.0 cm³/mol. The molecule has 0 saturated carbocycles. The summed E-state index contributed by atoms with van der Waals surface area (Å²) in [6, 6.07) is 18.7. The van der Waals surface area contributed by atoms with E-state index in [1.807, 2.05) is 60.7 Å². The van der Waals surface area contributed by atoms with E-state index in [0.29, 0.717) is 11.3 Å². The van der Waals surface area contributed by atoms with Gasteiger partial charge in [-0.3, -0.25) is 14.7 Å². The van der Waals surface area contributed by atoms with Crippen LogP contribution in [-0.4, -0.2) is 21.9 Å². The Balaban J connectivity index is 1.71. The van der Waals surface area contributed by atoms with E-state index >= 15 is 0 Å². The number of para-hydroxylation sites is 1. The molecule has 0 aliphatic carbocycles. The first kappa shape index (κ1) is 16.4. The molecule has 0 unspecified atom stereocenters. The highest BCUT2D eigenvalue weighted by Crippen LogP contribution is 2.05. The first-order valence-electron chi connectivity index (χ1n) is 7.88. The Morgan fingerprint density at radius 1 is 1.12 bits per heavy atom. The average Bonchev–Trinajstić information content (AvgIpc) is 2.91. The monoisotopic (exact) mass is 334 g/mol. The Labute approximate surface area is 144 Å². The van der Waals surface area contributed by atoms with Crippen molar-refractivity contribution in [1.29, 1.82) is 0 Å². The lowest BCUT2D eigenvalue weighted by Gasteiger charge is -1.99. The van der Waals surface area contributed by atoms with Crippen molar-refractivity contribution in [2.75, 3.05) is 0 Å². The number of rotatable bonds is 5. The van der Waals surface area contributed by atoms with Crippen LogP contribution in [0.4, 0.5) is 0 Å². The number of aromatic nitrogens is 2. The topological polar surface area (TPSA) is 79.2 Å². The molecule has 1 amide bonds. The molecule has 6 heteroatoms. The zero-order chi connectivity index (χ0) is 17.6. The summed E-state index contributed by atoms with van der Waals surface area (Å²) in [6.45, 7) is 1.79. The van der Waals surface area contributed by atoms with Crippen molar-refractivity contribution in [3.05, 3.63) is 87.8 Å². The van der Waals surface area contributed by atoms with Crippen LogP contribution in [0.1, 0.15) is 16.8 Å². The third-order valence-electron chi connectivity index (χ3n) is 3.72. The van der Waals surface area contributed by atoms with E-state index in [1.165, 1.54) is 10.9 Å². The van der Waals surface area contributed by atoms with Crippen LogP contribution < -0.4 is 11.0 Å². The van der Waals surface area contributed by atoms with E-state index < -0.39 is 0 Å². The molecule has 1 heterocycles. The van der Waals surface area contributed by atoms with Gasteiger partial charge in [0.25, 0.3) is 5.56 Å². The van der Waals surface area contributed by atoms with Gasteiger partial charge in [0.05, 0.1) is 23.9 Å². The molecular formula is C19H18N4O2. The van der Waals surface area contributed by atoms with Crippen molar-refractivity contribution in [2.24, 2.45) is 5.10 Å². The second-order valence-corrected chi connectivity index (χ2v) is 5.58. The van der Waals surface area contributed by atoms with Gasteiger partial charge >= 0.3 is 0 Å². The minimum absolute atomic E-state index is 0.218. The van der Waals surface area contributed by atoms with Crippen molar-refractivity contribution in [3.63, 3.8) is 0 Å². The molecule has 2 aromatic carbocycles. The molecule has 126 valence electrons. The van der Waals surface area contributed by atoms with E-state index in [4.69, 9.17) is 0 Å². The first-order chi connectivity index (χ1) is 12.1. The van der Waals surface area contributed by atoms with Crippen molar-refractivity contribution in [3.8, 4) is 5.69 Å². The fraction of sp³-hybridized carbons (Fsp3) is 0.105. The lowest BCUT2D eigenvalue weighted by molar-refractivity contribution is -0.120. The van der Waals surface area contributed by atoms with Crippen LogP contribution in [0.2, 0.25) is 0 Å². The van der Waals surface area contributed by atoms with Gasteiger partial charge in [-0.1, -0.05) is 48.5 Å². The second-order valence-electron chi connectivity index (χ2n) is 5.58. The summed E-state index contributed by atoms with van der Waals surface area (Å²) in [5, 5.41) is 6.92. The standard InChI is InChI=1S/C19H18N4O2/c1-14-17(19(25)23(22-14)16-10-6-3-7-11-16)13-20-21-18(24)12-15-8-4-2-5-9-15/h2-11,13,22H,12H2,1H3,(H,21,24)/b20-13-. The number of nitrogens with one attached hydrogen (secondary N) is 2. The van der Waals surface area contributed by atoms with Gasteiger partial charge in [0.1, 0.15) is 0 Å². The lowest BCUT2D eigenvalue weighted by Crippen LogP contribution is -2.21. The largest absolute Gasteiger partial charge is 0.295 e. The van der Waals surface area contributed by atoms with Crippen molar-refractivity contribution in [2.45, 2.75) is 13.3 Å². The number of benzene rings is 2. The molecule has 0 radical (unpaired) electrons. The average molecular weight is 334 g/mol. The van der Waals surface area contributed by atoms with Gasteiger partial charge in [-0.2, -0.15) is 5.10 Å².